The minimum Gasteiger partial charge on any atom is -0.478 e. The summed E-state index contributed by atoms with van der Waals surface area (Å²) in [7, 11) is 0. The van der Waals surface area contributed by atoms with E-state index in [2.05, 4.69) is 10.2 Å². The number of nitrogens with zero attached hydrogens (tertiary/aromatic N) is 2. The van der Waals surface area contributed by atoms with Crippen LogP contribution in [0, 0.1) is 12.7 Å². The predicted molar refractivity (Wildman–Crippen MR) is 113 cm³/mol. The summed E-state index contributed by atoms with van der Waals surface area (Å²) in [4.78, 5) is 12.2. The molecule has 152 valence electrons. The van der Waals surface area contributed by atoms with Crippen molar-refractivity contribution >= 4 is 40.7 Å². The predicted octanol–water partition coefficient (Wildman–Crippen LogP) is 5.84. The summed E-state index contributed by atoms with van der Waals surface area (Å²) < 4.78 is 18.9. The molecule has 9 heteroatoms. The van der Waals surface area contributed by atoms with Gasteiger partial charge in [-0.05, 0) is 62.7 Å². The molecular formula is C20H18ClFN2O3S2. The summed E-state index contributed by atoms with van der Waals surface area (Å²) in [6.07, 6.45) is 0. The first-order valence-electron chi connectivity index (χ1n) is 8.59. The Morgan fingerprint density at radius 3 is 2.69 bits per heavy atom. The number of rotatable bonds is 7. The molecular weight excluding hydrogens is 435 g/mol. The summed E-state index contributed by atoms with van der Waals surface area (Å²) >= 11 is 8.84. The highest BCUT2D eigenvalue weighted by Gasteiger charge is 2.29. The summed E-state index contributed by atoms with van der Waals surface area (Å²) in [6, 6.07) is 10.1. The lowest BCUT2D eigenvalue weighted by atomic mass is 10.1. The van der Waals surface area contributed by atoms with E-state index in [1.54, 1.807) is 23.9 Å². The minimum absolute atomic E-state index is 0.0532. The van der Waals surface area contributed by atoms with Gasteiger partial charge in [0.05, 0.1) is 10.8 Å². The van der Waals surface area contributed by atoms with Gasteiger partial charge in [0, 0.05) is 10.5 Å². The molecule has 0 spiro atoms. The third-order valence-electron chi connectivity index (χ3n) is 4.02. The van der Waals surface area contributed by atoms with Crippen LogP contribution in [0.1, 0.15) is 24.4 Å². The maximum Gasteiger partial charge on any atom is 0.347 e. The highest BCUT2D eigenvalue weighted by Crippen LogP contribution is 2.32. The number of aromatic nitrogens is 2. The van der Waals surface area contributed by atoms with E-state index < -0.39 is 17.4 Å². The van der Waals surface area contributed by atoms with Gasteiger partial charge in [0.15, 0.2) is 5.60 Å². The first-order chi connectivity index (χ1) is 13.7. The lowest BCUT2D eigenvalue weighted by molar-refractivity contribution is -0.152. The van der Waals surface area contributed by atoms with Gasteiger partial charge in [-0.3, -0.25) is 0 Å². The molecule has 0 amide bonds. The third-order valence-corrected chi connectivity index (χ3v) is 6.47. The smallest absolute Gasteiger partial charge is 0.347 e. The normalized spacial score (nSPS) is 11.5. The summed E-state index contributed by atoms with van der Waals surface area (Å²) in [5.74, 6) is -0.337. The first kappa shape index (κ1) is 21.5. The van der Waals surface area contributed by atoms with E-state index in [9.17, 15) is 14.3 Å². The van der Waals surface area contributed by atoms with Crippen molar-refractivity contribution < 1.29 is 19.0 Å². The number of hydrogen-bond acceptors (Lipinski definition) is 6. The third kappa shape index (κ3) is 5.26. The second-order valence-corrected chi connectivity index (χ2v) is 9.28. The number of aryl methyl sites for hydroxylation is 1. The number of hydrogen-bond donors (Lipinski definition) is 1. The first-order valence-corrected chi connectivity index (χ1v) is 10.8. The van der Waals surface area contributed by atoms with E-state index in [-0.39, 0.29) is 5.02 Å². The molecule has 0 aliphatic carbocycles. The number of carbonyl (C=O) groups is 1. The van der Waals surface area contributed by atoms with Gasteiger partial charge in [0.2, 0.25) is 0 Å². The van der Waals surface area contributed by atoms with Crippen LogP contribution in [0.3, 0.4) is 0 Å². The molecule has 0 saturated carbocycles. The number of carboxylic acids is 1. The molecule has 1 heterocycles. The second kappa shape index (κ2) is 8.69. The van der Waals surface area contributed by atoms with Crippen LogP contribution in [-0.4, -0.2) is 26.9 Å². The molecule has 1 N–H and O–H groups in total. The molecule has 0 aliphatic rings. The average molecular weight is 453 g/mol. The Balaban J connectivity index is 1.66. The SMILES string of the molecule is Cc1cc(SCc2nnc(-c3ccc(F)c(Cl)c3)s2)ccc1OC(C)(C)C(=O)O. The van der Waals surface area contributed by atoms with Crippen LogP contribution in [0.15, 0.2) is 41.3 Å². The van der Waals surface area contributed by atoms with Crippen LogP contribution < -0.4 is 4.74 Å². The van der Waals surface area contributed by atoms with E-state index in [1.807, 2.05) is 19.1 Å². The van der Waals surface area contributed by atoms with Gasteiger partial charge < -0.3 is 9.84 Å². The number of halogens is 2. The Morgan fingerprint density at radius 1 is 1.28 bits per heavy atom. The van der Waals surface area contributed by atoms with Crippen LogP contribution in [-0.2, 0) is 10.5 Å². The molecule has 3 rings (SSSR count). The summed E-state index contributed by atoms with van der Waals surface area (Å²) in [6.45, 7) is 4.90. The Kier molecular flexibility index (Phi) is 6.45. The topological polar surface area (TPSA) is 72.3 Å². The molecule has 1 aromatic heterocycles. The quantitative estimate of drug-likeness (QED) is 0.454. The Labute approximate surface area is 180 Å². The molecule has 0 bridgehead atoms. The van der Waals surface area contributed by atoms with Crippen LogP contribution in [0.25, 0.3) is 10.6 Å². The van der Waals surface area contributed by atoms with Gasteiger partial charge in [0.25, 0.3) is 0 Å². The summed E-state index contributed by atoms with van der Waals surface area (Å²) in [5, 5.41) is 19.1. The molecule has 0 saturated heterocycles. The molecule has 29 heavy (non-hydrogen) atoms. The standard InChI is InChI=1S/C20H18ClFN2O3S2/c1-11-8-13(5-7-16(11)27-20(2,3)19(25)26)28-10-17-23-24-18(29-17)12-4-6-15(22)14(21)9-12/h4-9H,10H2,1-3H3,(H,25,26). The van der Waals surface area contributed by atoms with Crippen molar-refractivity contribution in [3.63, 3.8) is 0 Å². The zero-order valence-electron chi connectivity index (χ0n) is 15.9. The number of aliphatic carboxylic acids is 1. The van der Waals surface area contributed by atoms with Crippen molar-refractivity contribution in [1.29, 1.82) is 0 Å². The maximum absolute atomic E-state index is 13.3. The van der Waals surface area contributed by atoms with Crippen molar-refractivity contribution in [2.75, 3.05) is 0 Å². The fraction of sp³-hybridized carbons (Fsp3) is 0.250. The lowest BCUT2D eigenvalue weighted by Crippen LogP contribution is -2.38. The van der Waals surface area contributed by atoms with Gasteiger partial charge in [-0.1, -0.05) is 22.9 Å². The number of thioether (sulfide) groups is 1. The number of carboxylic acid groups (broad SMARTS) is 1. The van der Waals surface area contributed by atoms with Crippen LogP contribution in [0.4, 0.5) is 4.39 Å². The van der Waals surface area contributed by atoms with E-state index >= 15 is 0 Å². The summed E-state index contributed by atoms with van der Waals surface area (Å²) in [5.41, 5.74) is 0.276. The Bertz CT molecular complexity index is 1060. The molecule has 0 radical (unpaired) electrons. The molecule has 0 fully saturated rings. The second-order valence-electron chi connectivity index (χ2n) is 6.76. The molecule has 0 aliphatic heterocycles. The van der Waals surface area contributed by atoms with Crippen molar-refractivity contribution in [3.05, 3.63) is 57.8 Å². The van der Waals surface area contributed by atoms with Crippen molar-refractivity contribution in [3.8, 4) is 16.3 Å². The van der Waals surface area contributed by atoms with Gasteiger partial charge in [-0.25, -0.2) is 9.18 Å². The molecule has 5 nitrogen and oxygen atoms in total. The average Bonchev–Trinajstić information content (AvgIpc) is 3.13. The largest absolute Gasteiger partial charge is 0.478 e. The number of ether oxygens (including phenoxy) is 1. The Hall–Kier alpha value is -2.16. The van der Waals surface area contributed by atoms with E-state index in [0.29, 0.717) is 16.5 Å². The zero-order chi connectivity index (χ0) is 21.2. The molecule has 2 aromatic carbocycles. The molecule has 0 atom stereocenters. The maximum atomic E-state index is 13.3. The highest BCUT2D eigenvalue weighted by atomic mass is 35.5. The van der Waals surface area contributed by atoms with Gasteiger partial charge >= 0.3 is 5.97 Å². The zero-order valence-corrected chi connectivity index (χ0v) is 18.3. The highest BCUT2D eigenvalue weighted by molar-refractivity contribution is 7.98. The van der Waals surface area contributed by atoms with Crippen LogP contribution in [0.2, 0.25) is 5.02 Å². The fourth-order valence-corrected chi connectivity index (χ4v) is 4.34. The lowest BCUT2D eigenvalue weighted by Gasteiger charge is -2.22. The van der Waals surface area contributed by atoms with Crippen molar-refractivity contribution in [2.24, 2.45) is 0 Å². The van der Waals surface area contributed by atoms with Gasteiger partial charge in [-0.2, -0.15) is 0 Å². The van der Waals surface area contributed by atoms with E-state index in [4.69, 9.17) is 16.3 Å². The molecule has 0 unspecified atom stereocenters. The van der Waals surface area contributed by atoms with Crippen LogP contribution in [0.5, 0.6) is 5.75 Å². The van der Waals surface area contributed by atoms with Gasteiger partial charge in [-0.15, -0.1) is 22.0 Å². The fourth-order valence-electron chi connectivity index (χ4n) is 2.35. The number of benzene rings is 2. The minimum atomic E-state index is -1.30. The van der Waals surface area contributed by atoms with Crippen LogP contribution >= 0.6 is 34.7 Å². The van der Waals surface area contributed by atoms with Crippen molar-refractivity contribution in [1.82, 2.24) is 10.2 Å². The van der Waals surface area contributed by atoms with E-state index in [0.717, 1.165) is 21.0 Å². The van der Waals surface area contributed by atoms with E-state index in [1.165, 1.54) is 37.3 Å². The van der Waals surface area contributed by atoms with Gasteiger partial charge in [0.1, 0.15) is 21.6 Å². The molecule has 3 aromatic rings. The Morgan fingerprint density at radius 2 is 2.03 bits per heavy atom. The monoisotopic (exact) mass is 452 g/mol. The van der Waals surface area contributed by atoms with Crippen molar-refractivity contribution in [2.45, 2.75) is 37.0 Å².